The number of likely N-dealkylation sites (N-methyl/N-ethyl adjacent to an activating group) is 1. The van der Waals surface area contributed by atoms with Gasteiger partial charge in [-0.1, -0.05) is 12.8 Å². The van der Waals surface area contributed by atoms with Crippen LogP contribution in [0.2, 0.25) is 0 Å². The van der Waals surface area contributed by atoms with Gasteiger partial charge in [-0.25, -0.2) is 0 Å². The van der Waals surface area contributed by atoms with Gasteiger partial charge < -0.3 is 20.4 Å². The number of rotatable bonds is 5. The quantitative estimate of drug-likeness (QED) is 0.717. The number of benzene rings is 1. The first-order chi connectivity index (χ1) is 9.58. The lowest BCUT2D eigenvalue weighted by Crippen LogP contribution is -2.37. The lowest BCUT2D eigenvalue weighted by atomic mass is 10.2. The van der Waals surface area contributed by atoms with Gasteiger partial charge in [-0.2, -0.15) is 0 Å². The molecule has 110 valence electrons. The Balaban J connectivity index is 1.78. The van der Waals surface area contributed by atoms with E-state index in [-0.39, 0.29) is 17.4 Å². The van der Waals surface area contributed by atoms with E-state index in [1.807, 2.05) is 0 Å². The molecule has 1 aliphatic rings. The summed E-state index contributed by atoms with van der Waals surface area (Å²) in [6, 6.07) is 4.72. The minimum Gasteiger partial charge on any atom is -0.504 e. The summed E-state index contributed by atoms with van der Waals surface area (Å²) in [5, 5.41) is 21.4. The number of aromatic hydroxyl groups is 2. The minimum atomic E-state index is -0.277. The van der Waals surface area contributed by atoms with Crippen LogP contribution < -0.4 is 5.32 Å². The number of hydrogen-bond donors (Lipinski definition) is 3. The zero-order chi connectivity index (χ0) is 14.5. The first-order valence-corrected chi connectivity index (χ1v) is 7.08. The highest BCUT2D eigenvalue weighted by atomic mass is 16.3. The third kappa shape index (κ3) is 3.63. The fourth-order valence-corrected chi connectivity index (χ4v) is 2.64. The Labute approximate surface area is 119 Å². The van der Waals surface area contributed by atoms with Crippen LogP contribution in [0.15, 0.2) is 18.2 Å². The summed E-state index contributed by atoms with van der Waals surface area (Å²) >= 11 is 0. The number of phenolic OH excluding ortho intramolecular Hbond substituents is 2. The molecule has 1 amide bonds. The third-order valence-electron chi connectivity index (χ3n) is 3.94. The van der Waals surface area contributed by atoms with Crippen LogP contribution >= 0.6 is 0 Å². The lowest BCUT2D eigenvalue weighted by molar-refractivity contribution is 0.0946. The van der Waals surface area contributed by atoms with Gasteiger partial charge in [0.1, 0.15) is 0 Å². The lowest BCUT2D eigenvalue weighted by Gasteiger charge is -2.23. The van der Waals surface area contributed by atoms with E-state index >= 15 is 0 Å². The highest BCUT2D eigenvalue weighted by Crippen LogP contribution is 2.24. The average Bonchev–Trinajstić information content (AvgIpc) is 2.95. The zero-order valence-corrected chi connectivity index (χ0v) is 11.8. The second-order valence-corrected chi connectivity index (χ2v) is 5.38. The van der Waals surface area contributed by atoms with Gasteiger partial charge in [-0.3, -0.25) is 4.79 Å². The molecule has 0 radical (unpaired) electrons. The topological polar surface area (TPSA) is 72.8 Å². The number of phenols is 2. The molecule has 0 saturated heterocycles. The fourth-order valence-electron chi connectivity index (χ4n) is 2.64. The van der Waals surface area contributed by atoms with Crippen molar-refractivity contribution < 1.29 is 15.0 Å². The molecule has 0 spiro atoms. The summed E-state index contributed by atoms with van der Waals surface area (Å²) in [5.74, 6) is -0.733. The Morgan fingerprint density at radius 3 is 2.65 bits per heavy atom. The van der Waals surface area contributed by atoms with Crippen molar-refractivity contribution in [1.82, 2.24) is 10.2 Å². The monoisotopic (exact) mass is 278 g/mol. The van der Waals surface area contributed by atoms with E-state index in [0.29, 0.717) is 18.2 Å². The normalized spacial score (nSPS) is 15.7. The predicted molar refractivity (Wildman–Crippen MR) is 77.0 cm³/mol. The van der Waals surface area contributed by atoms with Gasteiger partial charge in [0, 0.05) is 24.7 Å². The van der Waals surface area contributed by atoms with Gasteiger partial charge in [-0.05, 0) is 38.1 Å². The molecule has 0 heterocycles. The third-order valence-corrected chi connectivity index (χ3v) is 3.94. The van der Waals surface area contributed by atoms with Gasteiger partial charge >= 0.3 is 0 Å². The number of nitrogens with zero attached hydrogens (tertiary/aromatic N) is 1. The first kappa shape index (κ1) is 14.7. The number of amides is 1. The summed E-state index contributed by atoms with van der Waals surface area (Å²) in [6.07, 6.45) is 5.09. The van der Waals surface area contributed by atoms with Crippen LogP contribution in [0.1, 0.15) is 36.0 Å². The maximum atomic E-state index is 11.9. The van der Waals surface area contributed by atoms with Crippen LogP contribution in [0.25, 0.3) is 0 Å². The van der Waals surface area contributed by atoms with Gasteiger partial charge in [-0.15, -0.1) is 0 Å². The van der Waals surface area contributed by atoms with Crippen molar-refractivity contribution in [2.75, 3.05) is 20.1 Å². The predicted octanol–water partition coefficient (Wildman–Crippen LogP) is 1.70. The molecular formula is C15H22N2O3. The Bertz CT molecular complexity index is 470. The van der Waals surface area contributed by atoms with Crippen LogP contribution in [0, 0.1) is 0 Å². The van der Waals surface area contributed by atoms with Crippen LogP contribution in [-0.2, 0) is 0 Å². The van der Waals surface area contributed by atoms with Crippen molar-refractivity contribution in [3.05, 3.63) is 23.8 Å². The summed E-state index contributed by atoms with van der Waals surface area (Å²) in [4.78, 5) is 14.2. The highest BCUT2D eigenvalue weighted by Gasteiger charge is 2.19. The van der Waals surface area contributed by atoms with Crippen LogP contribution in [0.4, 0.5) is 0 Å². The maximum Gasteiger partial charge on any atom is 0.251 e. The molecule has 5 heteroatoms. The number of hydrogen-bond acceptors (Lipinski definition) is 4. The van der Waals surface area contributed by atoms with Crippen LogP contribution in [-0.4, -0.2) is 47.2 Å². The molecule has 0 aromatic heterocycles. The minimum absolute atomic E-state index is 0.220. The molecule has 3 N–H and O–H groups in total. The van der Waals surface area contributed by atoms with Gasteiger partial charge in [0.15, 0.2) is 11.5 Å². The molecule has 20 heavy (non-hydrogen) atoms. The molecule has 0 unspecified atom stereocenters. The number of carbonyl (C=O) groups is 1. The Morgan fingerprint density at radius 1 is 1.30 bits per heavy atom. The van der Waals surface area contributed by atoms with Crippen molar-refractivity contribution >= 4 is 5.91 Å². The molecule has 1 aromatic carbocycles. The standard InChI is InChI=1S/C15H22N2O3/c1-17(12-4-2-3-5-12)9-8-16-15(20)11-6-7-13(18)14(19)10-11/h6-7,10,12,18-19H,2-5,8-9H2,1H3,(H,16,20). The van der Waals surface area contributed by atoms with Crippen LogP contribution in [0.5, 0.6) is 11.5 Å². The van der Waals surface area contributed by atoms with E-state index in [2.05, 4.69) is 17.3 Å². The van der Waals surface area contributed by atoms with E-state index in [0.717, 1.165) is 6.54 Å². The fraction of sp³-hybridized carbons (Fsp3) is 0.533. The molecule has 2 rings (SSSR count). The zero-order valence-electron chi connectivity index (χ0n) is 11.8. The molecule has 0 bridgehead atoms. The smallest absolute Gasteiger partial charge is 0.251 e. The molecule has 0 atom stereocenters. The average molecular weight is 278 g/mol. The van der Waals surface area contributed by atoms with E-state index < -0.39 is 0 Å². The van der Waals surface area contributed by atoms with Crippen LogP contribution in [0.3, 0.4) is 0 Å². The Hall–Kier alpha value is -1.75. The Kier molecular flexibility index (Phi) is 4.84. The second kappa shape index (κ2) is 6.61. The molecule has 0 aliphatic heterocycles. The van der Waals surface area contributed by atoms with Crippen molar-refractivity contribution in [3.8, 4) is 11.5 Å². The van der Waals surface area contributed by atoms with E-state index in [9.17, 15) is 15.0 Å². The molecule has 5 nitrogen and oxygen atoms in total. The maximum absolute atomic E-state index is 11.9. The summed E-state index contributed by atoms with van der Waals surface area (Å²) in [6.45, 7) is 1.40. The second-order valence-electron chi connectivity index (χ2n) is 5.38. The molecule has 1 aromatic rings. The van der Waals surface area contributed by atoms with Gasteiger partial charge in [0.25, 0.3) is 5.91 Å². The summed E-state index contributed by atoms with van der Waals surface area (Å²) in [7, 11) is 2.09. The summed E-state index contributed by atoms with van der Waals surface area (Å²) in [5.41, 5.74) is 0.351. The molecule has 1 fully saturated rings. The van der Waals surface area contributed by atoms with E-state index in [1.54, 1.807) is 0 Å². The van der Waals surface area contributed by atoms with Crippen molar-refractivity contribution in [2.24, 2.45) is 0 Å². The highest BCUT2D eigenvalue weighted by molar-refractivity contribution is 5.94. The molecule has 1 aliphatic carbocycles. The first-order valence-electron chi connectivity index (χ1n) is 7.08. The molecular weight excluding hydrogens is 256 g/mol. The largest absolute Gasteiger partial charge is 0.504 e. The van der Waals surface area contributed by atoms with Gasteiger partial charge in [0.05, 0.1) is 0 Å². The number of carbonyl (C=O) groups excluding carboxylic acids is 1. The van der Waals surface area contributed by atoms with Gasteiger partial charge in [0.2, 0.25) is 0 Å². The van der Waals surface area contributed by atoms with Crippen molar-refractivity contribution in [2.45, 2.75) is 31.7 Å². The molecule has 1 saturated carbocycles. The van der Waals surface area contributed by atoms with E-state index in [1.165, 1.54) is 43.9 Å². The Morgan fingerprint density at radius 2 is 2.00 bits per heavy atom. The van der Waals surface area contributed by atoms with Crippen molar-refractivity contribution in [1.29, 1.82) is 0 Å². The SMILES string of the molecule is CN(CCNC(=O)c1ccc(O)c(O)c1)C1CCCC1. The number of nitrogens with one attached hydrogen (secondary N) is 1. The van der Waals surface area contributed by atoms with Crippen molar-refractivity contribution in [3.63, 3.8) is 0 Å². The van der Waals surface area contributed by atoms with E-state index in [4.69, 9.17) is 0 Å². The summed E-state index contributed by atoms with van der Waals surface area (Å²) < 4.78 is 0.